The van der Waals surface area contributed by atoms with Crippen LogP contribution in [0.15, 0.2) is 72.8 Å². The smallest absolute Gasteiger partial charge is 0.243 e. The molecule has 3 aromatic carbocycles. The molecule has 4 aromatic rings. The van der Waals surface area contributed by atoms with Crippen LogP contribution >= 0.6 is 12.2 Å². The van der Waals surface area contributed by atoms with E-state index in [0.29, 0.717) is 41.6 Å². The van der Waals surface area contributed by atoms with Crippen LogP contribution < -0.4 is 32.1 Å². The maximum atomic E-state index is 14.3. The first kappa shape index (κ1) is 31.5. The molecule has 0 aliphatic heterocycles. The van der Waals surface area contributed by atoms with Crippen LogP contribution in [-0.2, 0) is 17.8 Å². The van der Waals surface area contributed by atoms with Gasteiger partial charge in [0, 0.05) is 18.8 Å². The molecule has 1 amide bonds. The van der Waals surface area contributed by atoms with E-state index in [0.717, 1.165) is 17.1 Å². The highest BCUT2D eigenvalue weighted by Gasteiger charge is 2.18. The highest BCUT2D eigenvalue weighted by Crippen LogP contribution is 2.24. The monoisotopic (exact) mass is 631 g/mol. The third-order valence-corrected chi connectivity index (χ3v) is 7.58. The maximum absolute atomic E-state index is 14.3. The van der Waals surface area contributed by atoms with Gasteiger partial charge in [0.05, 0.1) is 6.42 Å². The zero-order valence-electron chi connectivity index (χ0n) is 24.6. The van der Waals surface area contributed by atoms with Crippen molar-refractivity contribution < 1.29 is 13.6 Å². The Morgan fingerprint density at radius 1 is 0.844 bits per heavy atom. The molecule has 1 heterocycles. The lowest BCUT2D eigenvalue weighted by atomic mass is 9.89. The normalized spacial score (nSPS) is 13.1. The number of para-hydroxylation sites is 1. The van der Waals surface area contributed by atoms with E-state index in [9.17, 15) is 13.6 Å². The minimum Gasteiger partial charge on any atom is -0.374 e. The van der Waals surface area contributed by atoms with E-state index in [1.165, 1.54) is 62.4 Å². The number of rotatable bonds is 11. The Labute approximate surface area is 265 Å². The van der Waals surface area contributed by atoms with Crippen LogP contribution in [0.3, 0.4) is 0 Å². The zero-order chi connectivity index (χ0) is 31.6. The molecular weight excluding hydrogens is 596 g/mol. The molecule has 1 aliphatic rings. The number of anilines is 5. The molecule has 1 saturated carbocycles. The van der Waals surface area contributed by atoms with E-state index in [2.05, 4.69) is 36.3 Å². The topological polar surface area (TPSA) is 133 Å². The number of aromatic nitrogens is 3. The number of hydrazine groups is 1. The number of nitrogens with zero attached hydrogens (tertiary/aromatic N) is 4. The SMILES string of the molecule is NC(=S)N(NC(=O)Cc1ccc(Nc2nc(NCc3ccc(F)cc3)nc(NCC3CCCCC3)n2)cc1)c1ccccc1F. The molecule has 10 nitrogen and oxygen atoms in total. The number of benzene rings is 3. The van der Waals surface area contributed by atoms with Crippen LogP contribution in [-0.4, -0.2) is 32.5 Å². The number of halogens is 2. The Balaban J connectivity index is 1.24. The average molecular weight is 632 g/mol. The largest absolute Gasteiger partial charge is 0.374 e. The van der Waals surface area contributed by atoms with Crippen LogP contribution in [0.4, 0.5) is 38.0 Å². The van der Waals surface area contributed by atoms with Crippen LogP contribution in [0.5, 0.6) is 0 Å². The van der Waals surface area contributed by atoms with Gasteiger partial charge in [0.1, 0.15) is 17.3 Å². The van der Waals surface area contributed by atoms with E-state index >= 15 is 0 Å². The molecule has 1 fully saturated rings. The molecule has 1 aromatic heterocycles. The summed E-state index contributed by atoms with van der Waals surface area (Å²) in [6.07, 6.45) is 6.13. The molecule has 5 rings (SSSR count). The summed E-state index contributed by atoms with van der Waals surface area (Å²) in [5, 5.41) is 10.6. The Hall–Kier alpha value is -4.91. The number of hydrogen-bond acceptors (Lipinski definition) is 8. The van der Waals surface area contributed by atoms with E-state index in [-0.39, 0.29) is 23.0 Å². The third-order valence-electron chi connectivity index (χ3n) is 7.40. The lowest BCUT2D eigenvalue weighted by molar-refractivity contribution is -0.120. The van der Waals surface area contributed by atoms with Gasteiger partial charge in [-0.3, -0.25) is 10.2 Å². The molecule has 234 valence electrons. The molecule has 45 heavy (non-hydrogen) atoms. The van der Waals surface area contributed by atoms with Gasteiger partial charge in [0.15, 0.2) is 5.11 Å². The first-order valence-corrected chi connectivity index (χ1v) is 15.2. The van der Waals surface area contributed by atoms with Gasteiger partial charge in [-0.15, -0.1) is 0 Å². The second-order valence-corrected chi connectivity index (χ2v) is 11.2. The first-order valence-electron chi connectivity index (χ1n) is 14.8. The molecule has 6 N–H and O–H groups in total. The number of amides is 1. The summed E-state index contributed by atoms with van der Waals surface area (Å²) in [5.41, 5.74) is 10.6. The van der Waals surface area contributed by atoms with Gasteiger partial charge in [-0.25, -0.2) is 13.8 Å². The molecule has 1 aliphatic carbocycles. The number of thiocarbonyl (C=S) groups is 1. The Morgan fingerprint density at radius 2 is 1.49 bits per heavy atom. The Morgan fingerprint density at radius 3 is 2.18 bits per heavy atom. The number of nitrogens with two attached hydrogens (primary N) is 1. The van der Waals surface area contributed by atoms with Crippen molar-refractivity contribution in [2.24, 2.45) is 11.7 Å². The molecule has 0 radical (unpaired) electrons. The second-order valence-electron chi connectivity index (χ2n) is 10.8. The van der Waals surface area contributed by atoms with Crippen molar-refractivity contribution in [1.29, 1.82) is 0 Å². The molecule has 0 saturated heterocycles. The van der Waals surface area contributed by atoms with E-state index in [1.807, 2.05) is 0 Å². The Bertz CT molecular complexity index is 1600. The first-order chi connectivity index (χ1) is 21.8. The molecule has 0 bridgehead atoms. The maximum Gasteiger partial charge on any atom is 0.243 e. The number of nitrogens with one attached hydrogen (secondary N) is 4. The standard InChI is InChI=1S/C32H35F2N9OS/c33-24-14-10-23(11-15-24)20-37-31-39-30(36-19-22-6-2-1-3-7-22)40-32(41-31)38-25-16-12-21(13-17-25)18-28(44)42-43(29(35)45)27-9-5-4-8-26(27)34/h4-5,8-17,22H,1-3,6-7,18-20H2,(H2,35,45)(H,42,44)(H3,36,37,38,39,40,41). The van der Waals surface area contributed by atoms with E-state index in [1.54, 1.807) is 42.5 Å². The molecule has 0 atom stereocenters. The van der Waals surface area contributed by atoms with Crippen molar-refractivity contribution in [3.63, 3.8) is 0 Å². The van der Waals surface area contributed by atoms with Crippen LogP contribution in [0, 0.1) is 17.6 Å². The summed E-state index contributed by atoms with van der Waals surface area (Å²) < 4.78 is 27.6. The van der Waals surface area contributed by atoms with Crippen molar-refractivity contribution in [3.05, 3.63) is 95.6 Å². The number of carbonyl (C=O) groups excluding carboxylic acids is 1. The lowest BCUT2D eigenvalue weighted by Gasteiger charge is -2.23. The van der Waals surface area contributed by atoms with Gasteiger partial charge in [-0.1, -0.05) is 55.7 Å². The van der Waals surface area contributed by atoms with Crippen molar-refractivity contribution >= 4 is 52.5 Å². The van der Waals surface area contributed by atoms with E-state index in [4.69, 9.17) is 18.0 Å². The summed E-state index contributed by atoms with van der Waals surface area (Å²) in [6.45, 7) is 1.19. The van der Waals surface area contributed by atoms with Gasteiger partial charge in [-0.2, -0.15) is 15.0 Å². The van der Waals surface area contributed by atoms with Crippen molar-refractivity contribution in [2.45, 2.75) is 45.1 Å². The minimum atomic E-state index is -0.569. The summed E-state index contributed by atoms with van der Waals surface area (Å²) in [4.78, 5) is 26.4. The van der Waals surface area contributed by atoms with Gasteiger partial charge >= 0.3 is 0 Å². The lowest BCUT2D eigenvalue weighted by Crippen LogP contribution is -2.50. The average Bonchev–Trinajstić information content (AvgIpc) is 3.04. The fraction of sp³-hybridized carbons (Fsp3) is 0.281. The summed E-state index contributed by atoms with van der Waals surface area (Å²) in [7, 11) is 0. The van der Waals surface area contributed by atoms with Gasteiger partial charge in [0.25, 0.3) is 0 Å². The zero-order valence-corrected chi connectivity index (χ0v) is 25.4. The van der Waals surface area contributed by atoms with Gasteiger partial charge < -0.3 is 21.7 Å². The molecule has 0 unspecified atom stereocenters. The third kappa shape index (κ3) is 9.29. The fourth-order valence-electron chi connectivity index (χ4n) is 5.05. The van der Waals surface area contributed by atoms with Gasteiger partial charge in [-0.05, 0) is 78.5 Å². The van der Waals surface area contributed by atoms with Gasteiger partial charge in [0.2, 0.25) is 23.8 Å². The summed E-state index contributed by atoms with van der Waals surface area (Å²) in [6, 6.07) is 19.3. The summed E-state index contributed by atoms with van der Waals surface area (Å²) in [5.74, 6) is 0.441. The van der Waals surface area contributed by atoms with Crippen molar-refractivity contribution in [3.8, 4) is 0 Å². The highest BCUT2D eigenvalue weighted by molar-refractivity contribution is 7.80. The van der Waals surface area contributed by atoms with Crippen molar-refractivity contribution in [2.75, 3.05) is 27.5 Å². The van der Waals surface area contributed by atoms with Crippen molar-refractivity contribution in [1.82, 2.24) is 20.4 Å². The molecule has 0 spiro atoms. The predicted octanol–water partition coefficient (Wildman–Crippen LogP) is 5.82. The van der Waals surface area contributed by atoms with Crippen LogP contribution in [0.25, 0.3) is 0 Å². The van der Waals surface area contributed by atoms with Crippen LogP contribution in [0.2, 0.25) is 0 Å². The minimum absolute atomic E-state index is 0.00624. The number of hydrogen-bond donors (Lipinski definition) is 5. The second kappa shape index (κ2) is 15.2. The Kier molecular flexibility index (Phi) is 10.6. The highest BCUT2D eigenvalue weighted by atomic mass is 32.1. The predicted molar refractivity (Wildman–Crippen MR) is 176 cm³/mol. The van der Waals surface area contributed by atoms with E-state index < -0.39 is 11.7 Å². The van der Waals surface area contributed by atoms with Crippen LogP contribution in [0.1, 0.15) is 43.2 Å². The number of carbonyl (C=O) groups is 1. The summed E-state index contributed by atoms with van der Waals surface area (Å²) >= 11 is 5.01. The fourth-order valence-corrected chi connectivity index (χ4v) is 5.20. The molecular formula is C32H35F2N9OS. The quantitative estimate of drug-likeness (QED) is 0.102. The molecule has 13 heteroatoms.